The highest BCUT2D eigenvalue weighted by molar-refractivity contribution is 6.50. The highest BCUT2D eigenvalue weighted by atomic mass is 19.5. The monoisotopic (exact) mass is 323 g/mol. The Morgan fingerprint density at radius 2 is 1.30 bits per heavy atom. The predicted molar refractivity (Wildman–Crippen MR) is 87.7 cm³/mol. The lowest BCUT2D eigenvalue weighted by molar-refractivity contribution is -0.561. The summed E-state index contributed by atoms with van der Waals surface area (Å²) in [6.07, 6.45) is 8.44. The second kappa shape index (κ2) is 10.4. The maximum Gasteiger partial charge on any atom is 0.673 e. The molecule has 122 valence electrons. The van der Waals surface area contributed by atoms with Crippen LogP contribution in [0.1, 0.15) is 5.56 Å². The maximum absolute atomic E-state index is 9.75. The van der Waals surface area contributed by atoms with Crippen molar-refractivity contribution >= 4 is 19.0 Å². The minimum Gasteiger partial charge on any atom is -0.418 e. The molecule has 2 N–H and O–H groups in total. The minimum absolute atomic E-state index is 0.961. The molecule has 23 heavy (non-hydrogen) atoms. The zero-order chi connectivity index (χ0) is 17.0. The molecular weight excluding hydrogens is 305 g/mol. The average Bonchev–Trinajstić information content (AvgIpc) is 2.51. The van der Waals surface area contributed by atoms with Crippen LogP contribution in [-0.4, -0.2) is 13.8 Å². The van der Waals surface area contributed by atoms with E-state index in [1.807, 2.05) is 24.3 Å². The van der Waals surface area contributed by atoms with E-state index in [2.05, 4.69) is 66.0 Å². The molecule has 1 nitrogen and oxygen atoms in total. The maximum atomic E-state index is 9.75. The van der Waals surface area contributed by atoms with Crippen molar-refractivity contribution in [2.24, 2.45) is 0 Å². The Labute approximate surface area is 133 Å². The van der Waals surface area contributed by atoms with Crippen molar-refractivity contribution in [3.63, 3.8) is 0 Å². The van der Waals surface area contributed by atoms with Gasteiger partial charge in [0.15, 0.2) is 0 Å². The number of halogens is 4. The van der Waals surface area contributed by atoms with Gasteiger partial charge in [-0.1, -0.05) is 66.8 Å². The van der Waals surface area contributed by atoms with Crippen molar-refractivity contribution in [2.75, 3.05) is 6.54 Å². The van der Waals surface area contributed by atoms with Crippen molar-refractivity contribution in [1.82, 2.24) is 0 Å². The normalized spacial score (nSPS) is 11.5. The summed E-state index contributed by atoms with van der Waals surface area (Å²) in [4.78, 5) is 0. The van der Waals surface area contributed by atoms with Gasteiger partial charge >= 0.3 is 7.25 Å². The smallest absolute Gasteiger partial charge is 0.418 e. The fourth-order valence-corrected chi connectivity index (χ4v) is 1.68. The molecule has 0 amide bonds. The lowest BCUT2D eigenvalue weighted by Gasteiger charge is -1.95. The predicted octanol–water partition coefficient (Wildman–Crippen LogP) is 4.45. The van der Waals surface area contributed by atoms with Crippen LogP contribution in [0.5, 0.6) is 0 Å². The number of quaternary nitrogens is 1. The van der Waals surface area contributed by atoms with Gasteiger partial charge in [0.25, 0.3) is 0 Å². The molecule has 0 radical (unpaired) electrons. The van der Waals surface area contributed by atoms with Crippen LogP contribution in [0, 0.1) is 0 Å². The van der Waals surface area contributed by atoms with Crippen molar-refractivity contribution in [1.29, 1.82) is 0 Å². The number of rotatable bonds is 5. The summed E-state index contributed by atoms with van der Waals surface area (Å²) in [7, 11) is -6.00. The molecule has 0 aliphatic carbocycles. The van der Waals surface area contributed by atoms with Gasteiger partial charge in [-0.25, -0.2) is 0 Å². The lowest BCUT2D eigenvalue weighted by Crippen LogP contribution is -2.77. The van der Waals surface area contributed by atoms with E-state index in [0.717, 1.165) is 6.54 Å². The molecule has 0 spiro atoms. The molecule has 0 bridgehead atoms. The number of hydrogen-bond acceptors (Lipinski definition) is 0. The number of para-hydroxylation sites is 1. The third-order valence-electron chi connectivity index (χ3n) is 2.62. The number of benzene rings is 2. The molecule has 0 fully saturated rings. The molecule has 2 rings (SSSR count). The van der Waals surface area contributed by atoms with Gasteiger partial charge in [0.05, 0.1) is 6.54 Å². The molecule has 0 saturated heterocycles. The average molecular weight is 323 g/mol. The van der Waals surface area contributed by atoms with Crippen LogP contribution in [0.25, 0.3) is 6.08 Å². The second-order valence-corrected chi connectivity index (χ2v) is 4.54. The summed E-state index contributed by atoms with van der Waals surface area (Å²) < 4.78 is 39.0. The van der Waals surface area contributed by atoms with Crippen LogP contribution < -0.4 is 5.32 Å². The van der Waals surface area contributed by atoms with E-state index in [9.17, 15) is 17.3 Å². The van der Waals surface area contributed by atoms with Gasteiger partial charge in [0.2, 0.25) is 0 Å². The third-order valence-corrected chi connectivity index (χ3v) is 2.62. The quantitative estimate of drug-likeness (QED) is 0.362. The summed E-state index contributed by atoms with van der Waals surface area (Å²) >= 11 is 0. The molecular formula is C17H18BF4N. The Morgan fingerprint density at radius 1 is 0.783 bits per heavy atom. The van der Waals surface area contributed by atoms with Crippen molar-refractivity contribution in [3.05, 3.63) is 84.5 Å². The molecule has 0 aliphatic rings. The van der Waals surface area contributed by atoms with E-state index in [1.165, 1.54) is 11.3 Å². The molecule has 0 saturated carbocycles. The second-order valence-electron chi connectivity index (χ2n) is 4.54. The molecule has 0 heterocycles. The minimum atomic E-state index is -6.00. The molecule has 0 aliphatic heterocycles. The molecule has 0 atom stereocenters. The van der Waals surface area contributed by atoms with Crippen LogP contribution in [0.15, 0.2) is 78.9 Å². The first-order chi connectivity index (χ1) is 10.9. The van der Waals surface area contributed by atoms with Crippen LogP contribution in [-0.2, 0) is 0 Å². The van der Waals surface area contributed by atoms with E-state index >= 15 is 0 Å². The van der Waals surface area contributed by atoms with E-state index < -0.39 is 7.25 Å². The zero-order valence-electron chi connectivity index (χ0n) is 12.5. The molecule has 0 aromatic heterocycles. The van der Waals surface area contributed by atoms with Gasteiger partial charge < -0.3 is 22.6 Å². The lowest BCUT2D eigenvalue weighted by atomic mass is 10.2. The van der Waals surface area contributed by atoms with E-state index in [0.29, 0.717) is 0 Å². The van der Waals surface area contributed by atoms with Gasteiger partial charge in [0, 0.05) is 0 Å². The number of allylic oxidation sites excluding steroid dienone is 2. The highest BCUT2D eigenvalue weighted by Crippen LogP contribution is 2.06. The topological polar surface area (TPSA) is 16.6 Å². The Bertz CT molecular complexity index is 589. The fourth-order valence-electron chi connectivity index (χ4n) is 1.68. The first-order valence-electron chi connectivity index (χ1n) is 7.09. The molecule has 6 heteroatoms. The Hall–Kier alpha value is -2.34. The standard InChI is InChI=1S/C17H17N.BF4/c1-4-10-16(11-5-1)12-6-3-9-15-18-17-13-7-2-8-14-17;2-1(3,4)5/h1-14,18H,15H2;/q;-1/p+1/b9-3?,12-6+;. The van der Waals surface area contributed by atoms with Crippen LogP contribution in [0.3, 0.4) is 0 Å². The fraction of sp³-hybridized carbons (Fsp3) is 0.0588. The number of nitrogens with two attached hydrogens (primary N) is 1. The van der Waals surface area contributed by atoms with Crippen molar-refractivity contribution in [2.45, 2.75) is 0 Å². The Balaban J connectivity index is 0.000000463. The molecule has 2 aromatic rings. The zero-order valence-corrected chi connectivity index (χ0v) is 12.5. The third kappa shape index (κ3) is 11.9. The Kier molecular flexibility index (Phi) is 8.46. The summed E-state index contributed by atoms with van der Waals surface area (Å²) in [5.74, 6) is 0. The van der Waals surface area contributed by atoms with Gasteiger partial charge in [-0.15, -0.1) is 0 Å². The largest absolute Gasteiger partial charge is 0.673 e. The first kappa shape index (κ1) is 18.7. The van der Waals surface area contributed by atoms with Gasteiger partial charge in [-0.3, -0.25) is 0 Å². The van der Waals surface area contributed by atoms with Crippen LogP contribution in [0.2, 0.25) is 0 Å². The SMILES string of the molecule is C(=CC[NH2+]c1ccccc1)/C=C/c1ccccc1.F[B-](F)(F)F. The van der Waals surface area contributed by atoms with E-state index in [-0.39, 0.29) is 0 Å². The molecule has 0 unspecified atom stereocenters. The summed E-state index contributed by atoms with van der Waals surface area (Å²) in [6.45, 7) is 0.961. The van der Waals surface area contributed by atoms with Crippen molar-refractivity contribution < 1.29 is 22.6 Å². The van der Waals surface area contributed by atoms with Gasteiger partial charge in [-0.2, -0.15) is 0 Å². The summed E-state index contributed by atoms with van der Waals surface area (Å²) in [5.41, 5.74) is 2.50. The van der Waals surface area contributed by atoms with E-state index in [4.69, 9.17) is 0 Å². The van der Waals surface area contributed by atoms with Crippen LogP contribution in [0.4, 0.5) is 23.0 Å². The summed E-state index contributed by atoms with van der Waals surface area (Å²) in [6, 6.07) is 20.7. The van der Waals surface area contributed by atoms with Gasteiger partial charge in [0.1, 0.15) is 5.69 Å². The summed E-state index contributed by atoms with van der Waals surface area (Å²) in [5, 5.41) is 2.22. The van der Waals surface area contributed by atoms with Crippen molar-refractivity contribution in [3.8, 4) is 0 Å². The molecule has 2 aromatic carbocycles. The van der Waals surface area contributed by atoms with Gasteiger partial charge in [-0.05, 0) is 23.8 Å². The Morgan fingerprint density at radius 3 is 1.87 bits per heavy atom. The van der Waals surface area contributed by atoms with E-state index in [1.54, 1.807) is 0 Å². The van der Waals surface area contributed by atoms with Crippen LogP contribution >= 0.6 is 0 Å². The highest BCUT2D eigenvalue weighted by Gasteiger charge is 2.20. The number of hydrogen-bond donors (Lipinski definition) is 1. The first-order valence-corrected chi connectivity index (χ1v) is 7.09.